The fourth-order valence-electron chi connectivity index (χ4n) is 2.91. The maximum atomic E-state index is 12.4. The quantitative estimate of drug-likeness (QED) is 0.861. The molecule has 2 amide bonds. The fraction of sp³-hybridized carbons (Fsp3) is 0.438. The summed E-state index contributed by atoms with van der Waals surface area (Å²) in [6.07, 6.45) is 10.2. The largest absolute Gasteiger partial charge is 0.338 e. The summed E-state index contributed by atoms with van der Waals surface area (Å²) in [6.45, 7) is 2.30. The Hall–Kier alpha value is -2.37. The van der Waals surface area contributed by atoms with Gasteiger partial charge in [-0.25, -0.2) is 4.79 Å². The molecule has 1 saturated heterocycles. The standard InChI is InChI=1S/C16H21N5O/c22-16(18-7-2-11-20-12-3-8-19-20)21-13-1-4-15(21)14-5-9-17-10-6-14/h3,5-6,8-10,12,15H,1-2,4,7,11,13H2,(H,18,22)/t15-/m1/s1. The van der Waals surface area contributed by atoms with Crippen molar-refractivity contribution in [3.63, 3.8) is 0 Å². The molecule has 6 nitrogen and oxygen atoms in total. The minimum Gasteiger partial charge on any atom is -0.338 e. The SMILES string of the molecule is O=C(NCCCn1cccn1)N1CCC[C@@H]1c1ccncc1. The molecule has 116 valence electrons. The molecule has 3 rings (SSSR count). The first kappa shape index (κ1) is 14.6. The van der Waals surface area contributed by atoms with E-state index in [2.05, 4.69) is 15.4 Å². The number of carbonyl (C=O) groups excluding carboxylic acids is 1. The zero-order valence-corrected chi connectivity index (χ0v) is 12.6. The highest BCUT2D eigenvalue weighted by Gasteiger charge is 2.29. The lowest BCUT2D eigenvalue weighted by atomic mass is 10.1. The third-order valence-electron chi connectivity index (χ3n) is 4.00. The van der Waals surface area contributed by atoms with Crippen LogP contribution in [0.4, 0.5) is 4.79 Å². The summed E-state index contributed by atoms with van der Waals surface area (Å²) in [5, 5.41) is 7.17. The highest BCUT2D eigenvalue weighted by molar-refractivity contribution is 5.75. The van der Waals surface area contributed by atoms with Crippen LogP contribution in [0, 0.1) is 0 Å². The summed E-state index contributed by atoms with van der Waals surface area (Å²) >= 11 is 0. The molecule has 0 aliphatic carbocycles. The minimum absolute atomic E-state index is 0.0276. The Morgan fingerprint density at radius 1 is 1.32 bits per heavy atom. The predicted molar refractivity (Wildman–Crippen MR) is 83.2 cm³/mol. The molecule has 3 heterocycles. The van der Waals surface area contributed by atoms with Crippen molar-refractivity contribution in [1.29, 1.82) is 0 Å². The second kappa shape index (κ2) is 7.06. The molecule has 1 N–H and O–H groups in total. The van der Waals surface area contributed by atoms with E-state index in [9.17, 15) is 4.79 Å². The first-order chi connectivity index (χ1) is 10.8. The molecule has 0 aromatic carbocycles. The third-order valence-corrected chi connectivity index (χ3v) is 4.00. The van der Waals surface area contributed by atoms with Crippen LogP contribution in [0.1, 0.15) is 30.9 Å². The van der Waals surface area contributed by atoms with Gasteiger partial charge in [0, 0.05) is 44.4 Å². The van der Waals surface area contributed by atoms with E-state index in [-0.39, 0.29) is 12.1 Å². The summed E-state index contributed by atoms with van der Waals surface area (Å²) in [6, 6.07) is 6.10. The summed E-state index contributed by atoms with van der Waals surface area (Å²) in [5.41, 5.74) is 1.17. The number of amides is 2. The molecule has 0 unspecified atom stereocenters. The number of nitrogens with zero attached hydrogens (tertiary/aromatic N) is 4. The van der Waals surface area contributed by atoms with Crippen molar-refractivity contribution in [2.45, 2.75) is 31.8 Å². The van der Waals surface area contributed by atoms with E-state index in [0.717, 1.165) is 32.4 Å². The molecular formula is C16H21N5O. The van der Waals surface area contributed by atoms with Crippen LogP contribution in [-0.2, 0) is 6.54 Å². The highest BCUT2D eigenvalue weighted by Crippen LogP contribution is 2.31. The Bertz CT molecular complexity index is 584. The van der Waals surface area contributed by atoms with E-state index in [4.69, 9.17) is 0 Å². The van der Waals surface area contributed by atoms with E-state index in [1.807, 2.05) is 34.0 Å². The van der Waals surface area contributed by atoms with E-state index in [1.54, 1.807) is 18.6 Å². The molecular weight excluding hydrogens is 278 g/mol. The maximum Gasteiger partial charge on any atom is 0.317 e. The normalized spacial score (nSPS) is 17.6. The van der Waals surface area contributed by atoms with Crippen LogP contribution >= 0.6 is 0 Å². The second-order valence-electron chi connectivity index (χ2n) is 5.49. The summed E-state index contributed by atoms with van der Waals surface area (Å²) < 4.78 is 1.88. The van der Waals surface area contributed by atoms with Gasteiger partial charge >= 0.3 is 6.03 Å². The molecule has 1 atom stereocenters. The Labute approximate surface area is 130 Å². The third kappa shape index (κ3) is 3.44. The van der Waals surface area contributed by atoms with Crippen molar-refractivity contribution >= 4 is 6.03 Å². The summed E-state index contributed by atoms with van der Waals surface area (Å²) in [4.78, 5) is 18.3. The fourth-order valence-corrected chi connectivity index (χ4v) is 2.91. The monoisotopic (exact) mass is 299 g/mol. The number of hydrogen-bond acceptors (Lipinski definition) is 3. The van der Waals surface area contributed by atoms with Gasteiger partial charge in [-0.1, -0.05) is 0 Å². The van der Waals surface area contributed by atoms with Crippen molar-refractivity contribution in [2.24, 2.45) is 0 Å². The average molecular weight is 299 g/mol. The van der Waals surface area contributed by atoms with Crippen molar-refractivity contribution in [1.82, 2.24) is 25.0 Å². The number of hydrogen-bond donors (Lipinski definition) is 1. The number of rotatable bonds is 5. The molecule has 1 aliphatic rings. The van der Waals surface area contributed by atoms with Crippen molar-refractivity contribution < 1.29 is 4.79 Å². The number of urea groups is 1. The van der Waals surface area contributed by atoms with Gasteiger partial charge < -0.3 is 10.2 Å². The van der Waals surface area contributed by atoms with Gasteiger partial charge in [-0.15, -0.1) is 0 Å². The highest BCUT2D eigenvalue weighted by atomic mass is 16.2. The number of nitrogens with one attached hydrogen (secondary N) is 1. The smallest absolute Gasteiger partial charge is 0.317 e. The lowest BCUT2D eigenvalue weighted by Gasteiger charge is -2.25. The van der Waals surface area contributed by atoms with E-state index in [0.29, 0.717) is 6.54 Å². The van der Waals surface area contributed by atoms with Crippen molar-refractivity contribution in [3.05, 3.63) is 48.5 Å². The lowest BCUT2D eigenvalue weighted by molar-refractivity contribution is 0.192. The average Bonchev–Trinajstić information content (AvgIpc) is 3.23. The first-order valence-corrected chi connectivity index (χ1v) is 7.76. The van der Waals surface area contributed by atoms with Gasteiger partial charge in [-0.3, -0.25) is 9.67 Å². The minimum atomic E-state index is 0.0276. The van der Waals surface area contributed by atoms with Crippen LogP contribution in [0.2, 0.25) is 0 Å². The van der Waals surface area contributed by atoms with Crippen LogP contribution in [0.3, 0.4) is 0 Å². The molecule has 0 radical (unpaired) electrons. The van der Waals surface area contributed by atoms with Gasteiger partial charge in [0.05, 0.1) is 6.04 Å². The Morgan fingerprint density at radius 3 is 2.95 bits per heavy atom. The van der Waals surface area contributed by atoms with E-state index >= 15 is 0 Å². The molecule has 2 aromatic rings. The molecule has 0 saturated carbocycles. The molecule has 1 aliphatic heterocycles. The number of likely N-dealkylation sites (tertiary alicyclic amines) is 1. The Morgan fingerprint density at radius 2 is 2.18 bits per heavy atom. The molecule has 6 heteroatoms. The summed E-state index contributed by atoms with van der Waals surface area (Å²) in [7, 11) is 0. The molecule has 2 aromatic heterocycles. The number of carbonyl (C=O) groups is 1. The zero-order valence-electron chi connectivity index (χ0n) is 12.6. The van der Waals surface area contributed by atoms with Gasteiger partial charge in [-0.05, 0) is 43.0 Å². The van der Waals surface area contributed by atoms with Crippen LogP contribution in [-0.4, -0.2) is 38.8 Å². The number of aromatic nitrogens is 3. The number of pyridine rings is 1. The Kier molecular flexibility index (Phi) is 4.68. The zero-order chi connectivity index (χ0) is 15.2. The topological polar surface area (TPSA) is 63.1 Å². The number of aryl methyl sites for hydroxylation is 1. The predicted octanol–water partition coefficient (Wildman–Crippen LogP) is 2.21. The van der Waals surface area contributed by atoms with Gasteiger partial charge in [0.1, 0.15) is 0 Å². The van der Waals surface area contributed by atoms with Crippen LogP contribution < -0.4 is 5.32 Å². The van der Waals surface area contributed by atoms with Crippen LogP contribution in [0.5, 0.6) is 0 Å². The molecule has 0 spiro atoms. The molecule has 0 bridgehead atoms. The van der Waals surface area contributed by atoms with Gasteiger partial charge in [0.15, 0.2) is 0 Å². The van der Waals surface area contributed by atoms with Crippen molar-refractivity contribution in [3.8, 4) is 0 Å². The summed E-state index contributed by atoms with van der Waals surface area (Å²) in [5.74, 6) is 0. The van der Waals surface area contributed by atoms with E-state index < -0.39 is 0 Å². The van der Waals surface area contributed by atoms with Crippen LogP contribution in [0.15, 0.2) is 43.0 Å². The second-order valence-corrected chi connectivity index (χ2v) is 5.49. The van der Waals surface area contributed by atoms with Gasteiger partial charge in [0.25, 0.3) is 0 Å². The lowest BCUT2D eigenvalue weighted by Crippen LogP contribution is -2.40. The van der Waals surface area contributed by atoms with Crippen LogP contribution in [0.25, 0.3) is 0 Å². The maximum absolute atomic E-state index is 12.4. The first-order valence-electron chi connectivity index (χ1n) is 7.76. The van der Waals surface area contributed by atoms with E-state index in [1.165, 1.54) is 5.56 Å². The molecule has 1 fully saturated rings. The van der Waals surface area contributed by atoms with Gasteiger partial charge in [-0.2, -0.15) is 5.10 Å². The Balaban J connectivity index is 1.48. The molecule has 22 heavy (non-hydrogen) atoms. The van der Waals surface area contributed by atoms with Crippen molar-refractivity contribution in [2.75, 3.05) is 13.1 Å². The van der Waals surface area contributed by atoms with Gasteiger partial charge in [0.2, 0.25) is 0 Å².